The maximum absolute atomic E-state index is 10.7. The molecule has 0 aliphatic rings. The zero-order chi connectivity index (χ0) is 14.0. The van der Waals surface area contributed by atoms with Gasteiger partial charge in [0.15, 0.2) is 0 Å². The number of aliphatic carboxylic acids is 1. The van der Waals surface area contributed by atoms with Crippen LogP contribution in [0.1, 0.15) is 23.4 Å². The summed E-state index contributed by atoms with van der Waals surface area (Å²) in [5.74, 6) is -0.767. The van der Waals surface area contributed by atoms with Crippen LogP contribution in [0.25, 0.3) is 5.69 Å². The summed E-state index contributed by atoms with van der Waals surface area (Å²) in [6.07, 6.45) is 0.716. The number of carboxylic acids is 1. The predicted octanol–water partition coefficient (Wildman–Crippen LogP) is 3.76. The minimum absolute atomic E-state index is 0.158. The molecular weight excluding hydrogens is 262 g/mol. The molecule has 0 radical (unpaired) electrons. The van der Waals surface area contributed by atoms with Crippen LogP contribution in [0.2, 0.25) is 5.02 Å². The number of nitrogens with zero attached hydrogens (tertiary/aromatic N) is 1. The van der Waals surface area contributed by atoms with Crippen LogP contribution >= 0.6 is 11.6 Å². The van der Waals surface area contributed by atoms with Crippen LogP contribution in [-0.2, 0) is 11.2 Å². The molecule has 0 aliphatic carbocycles. The van der Waals surface area contributed by atoms with Crippen molar-refractivity contribution in [3.63, 3.8) is 0 Å². The summed E-state index contributed by atoms with van der Waals surface area (Å²) in [5, 5.41) is 9.47. The van der Waals surface area contributed by atoms with Gasteiger partial charge in [0.2, 0.25) is 0 Å². The smallest absolute Gasteiger partial charge is 0.303 e. The molecule has 0 bridgehead atoms. The number of carbonyl (C=O) groups is 1. The van der Waals surface area contributed by atoms with Gasteiger partial charge in [0.25, 0.3) is 0 Å². The molecule has 0 fully saturated rings. The van der Waals surface area contributed by atoms with Crippen molar-refractivity contribution in [1.82, 2.24) is 4.57 Å². The van der Waals surface area contributed by atoms with E-state index in [9.17, 15) is 4.79 Å². The van der Waals surface area contributed by atoms with Gasteiger partial charge < -0.3 is 9.67 Å². The topological polar surface area (TPSA) is 42.2 Å². The van der Waals surface area contributed by atoms with Crippen molar-refractivity contribution in [1.29, 1.82) is 0 Å². The van der Waals surface area contributed by atoms with E-state index in [1.807, 2.05) is 44.2 Å². The summed E-state index contributed by atoms with van der Waals surface area (Å²) in [4.78, 5) is 10.7. The molecule has 3 nitrogen and oxygen atoms in total. The molecule has 1 aromatic heterocycles. The van der Waals surface area contributed by atoms with Crippen molar-refractivity contribution >= 4 is 17.6 Å². The van der Waals surface area contributed by atoms with E-state index >= 15 is 0 Å². The molecule has 0 unspecified atom stereocenters. The summed E-state index contributed by atoms with van der Waals surface area (Å²) in [5.41, 5.74) is 4.30. The Labute approximate surface area is 117 Å². The Morgan fingerprint density at radius 1 is 1.26 bits per heavy atom. The maximum atomic E-state index is 10.7. The van der Waals surface area contributed by atoms with Gasteiger partial charge in [-0.3, -0.25) is 4.79 Å². The lowest BCUT2D eigenvalue weighted by atomic mass is 10.1. The largest absolute Gasteiger partial charge is 0.481 e. The summed E-state index contributed by atoms with van der Waals surface area (Å²) < 4.78 is 2.12. The lowest BCUT2D eigenvalue weighted by Crippen LogP contribution is -2.01. The number of aromatic nitrogens is 1. The highest BCUT2D eigenvalue weighted by Gasteiger charge is 2.11. The molecule has 0 saturated heterocycles. The third kappa shape index (κ3) is 2.99. The molecule has 19 heavy (non-hydrogen) atoms. The van der Waals surface area contributed by atoms with Gasteiger partial charge in [0.05, 0.1) is 0 Å². The van der Waals surface area contributed by atoms with Crippen LogP contribution in [-0.4, -0.2) is 15.6 Å². The zero-order valence-electron chi connectivity index (χ0n) is 11.0. The lowest BCUT2D eigenvalue weighted by Gasteiger charge is -2.10. The Hall–Kier alpha value is -1.74. The molecule has 4 heteroatoms. The van der Waals surface area contributed by atoms with E-state index in [1.54, 1.807) is 0 Å². The van der Waals surface area contributed by atoms with E-state index in [0.717, 1.165) is 22.6 Å². The second-order valence-electron chi connectivity index (χ2n) is 4.60. The minimum atomic E-state index is -0.767. The van der Waals surface area contributed by atoms with Gasteiger partial charge in [-0.25, -0.2) is 0 Å². The zero-order valence-corrected chi connectivity index (χ0v) is 11.7. The van der Waals surface area contributed by atoms with Crippen LogP contribution in [0.5, 0.6) is 0 Å². The quantitative estimate of drug-likeness (QED) is 0.924. The van der Waals surface area contributed by atoms with E-state index in [1.165, 1.54) is 0 Å². The minimum Gasteiger partial charge on any atom is -0.481 e. The Morgan fingerprint density at radius 3 is 2.47 bits per heavy atom. The lowest BCUT2D eigenvalue weighted by molar-refractivity contribution is -0.136. The van der Waals surface area contributed by atoms with Crippen LogP contribution in [0.15, 0.2) is 30.3 Å². The monoisotopic (exact) mass is 277 g/mol. The standard InChI is InChI=1S/C15H16ClNO2/c1-10-9-12(3-8-15(18)19)11(2)17(10)14-6-4-13(16)5-7-14/h4-7,9H,3,8H2,1-2H3,(H,18,19). The Balaban J connectivity index is 2.36. The fraction of sp³-hybridized carbons (Fsp3) is 0.267. The molecule has 0 amide bonds. The molecule has 2 aromatic rings. The van der Waals surface area contributed by atoms with Gasteiger partial charge in [-0.15, -0.1) is 0 Å². The van der Waals surface area contributed by atoms with E-state index in [4.69, 9.17) is 16.7 Å². The van der Waals surface area contributed by atoms with Crippen molar-refractivity contribution < 1.29 is 9.90 Å². The molecule has 2 rings (SSSR count). The number of aryl methyl sites for hydroxylation is 2. The van der Waals surface area contributed by atoms with Gasteiger partial charge >= 0.3 is 5.97 Å². The first-order valence-electron chi connectivity index (χ1n) is 6.14. The molecule has 0 spiro atoms. The fourth-order valence-corrected chi connectivity index (χ4v) is 2.44. The Morgan fingerprint density at radius 2 is 1.89 bits per heavy atom. The molecule has 1 heterocycles. The van der Waals surface area contributed by atoms with E-state index < -0.39 is 5.97 Å². The second kappa shape index (κ2) is 5.49. The van der Waals surface area contributed by atoms with Gasteiger partial charge in [-0.2, -0.15) is 0 Å². The summed E-state index contributed by atoms with van der Waals surface area (Å²) in [7, 11) is 0. The van der Waals surface area contributed by atoms with Crippen molar-refractivity contribution in [2.75, 3.05) is 0 Å². The van der Waals surface area contributed by atoms with E-state index in [-0.39, 0.29) is 6.42 Å². The normalized spacial score (nSPS) is 10.7. The number of halogens is 1. The summed E-state index contributed by atoms with van der Waals surface area (Å²) in [6, 6.07) is 9.68. The third-order valence-electron chi connectivity index (χ3n) is 3.23. The summed E-state index contributed by atoms with van der Waals surface area (Å²) in [6.45, 7) is 4.03. The maximum Gasteiger partial charge on any atom is 0.303 e. The van der Waals surface area contributed by atoms with Crippen LogP contribution in [0.3, 0.4) is 0 Å². The number of benzene rings is 1. The first-order valence-corrected chi connectivity index (χ1v) is 6.52. The molecule has 1 aromatic carbocycles. The Bertz CT molecular complexity index is 599. The highest BCUT2D eigenvalue weighted by molar-refractivity contribution is 6.30. The third-order valence-corrected chi connectivity index (χ3v) is 3.48. The average molecular weight is 278 g/mol. The number of hydrogen-bond donors (Lipinski definition) is 1. The van der Waals surface area contributed by atoms with Crippen molar-refractivity contribution in [3.05, 3.63) is 52.3 Å². The van der Waals surface area contributed by atoms with Crippen LogP contribution in [0, 0.1) is 13.8 Å². The first-order chi connectivity index (χ1) is 8.99. The molecular formula is C15H16ClNO2. The van der Waals surface area contributed by atoms with Crippen LogP contribution < -0.4 is 0 Å². The van der Waals surface area contributed by atoms with Crippen molar-refractivity contribution in [3.8, 4) is 5.69 Å². The van der Waals surface area contributed by atoms with Gasteiger partial charge in [0, 0.05) is 28.5 Å². The molecule has 0 aliphatic heterocycles. The highest BCUT2D eigenvalue weighted by Crippen LogP contribution is 2.23. The second-order valence-corrected chi connectivity index (χ2v) is 5.04. The van der Waals surface area contributed by atoms with Crippen molar-refractivity contribution in [2.24, 2.45) is 0 Å². The molecule has 100 valence electrons. The van der Waals surface area contributed by atoms with E-state index in [2.05, 4.69) is 4.57 Å². The SMILES string of the molecule is Cc1cc(CCC(=O)O)c(C)n1-c1ccc(Cl)cc1. The molecule has 1 N–H and O–H groups in total. The van der Waals surface area contributed by atoms with E-state index in [0.29, 0.717) is 11.4 Å². The Kier molecular flexibility index (Phi) is 3.96. The number of rotatable bonds is 4. The predicted molar refractivity (Wildman–Crippen MR) is 76.2 cm³/mol. The van der Waals surface area contributed by atoms with Crippen LogP contribution in [0.4, 0.5) is 0 Å². The number of hydrogen-bond acceptors (Lipinski definition) is 1. The first kappa shape index (κ1) is 13.7. The van der Waals surface area contributed by atoms with Gasteiger partial charge in [-0.05, 0) is 56.2 Å². The van der Waals surface area contributed by atoms with Crippen molar-refractivity contribution in [2.45, 2.75) is 26.7 Å². The molecule has 0 atom stereocenters. The fourth-order valence-electron chi connectivity index (χ4n) is 2.31. The summed E-state index contributed by atoms with van der Waals surface area (Å²) >= 11 is 5.89. The number of carboxylic acid groups (broad SMARTS) is 1. The highest BCUT2D eigenvalue weighted by atomic mass is 35.5. The van der Waals surface area contributed by atoms with Gasteiger partial charge in [-0.1, -0.05) is 11.6 Å². The average Bonchev–Trinajstić information content (AvgIpc) is 2.63. The molecule has 0 saturated carbocycles. The van der Waals surface area contributed by atoms with Gasteiger partial charge in [0.1, 0.15) is 0 Å².